The van der Waals surface area contributed by atoms with Gasteiger partial charge in [-0.05, 0) is 80.1 Å². The lowest BCUT2D eigenvalue weighted by Crippen LogP contribution is -2.51. The molecule has 0 bridgehead atoms. The maximum atomic E-state index is 14.3. The van der Waals surface area contributed by atoms with Crippen molar-refractivity contribution in [3.05, 3.63) is 83.4 Å². The Bertz CT molecular complexity index is 1910. The summed E-state index contributed by atoms with van der Waals surface area (Å²) in [6.07, 6.45) is -1.26. The molecule has 0 aliphatic carbocycles. The van der Waals surface area contributed by atoms with Gasteiger partial charge in [0.05, 0.1) is 36.2 Å². The third kappa shape index (κ3) is 7.95. The van der Waals surface area contributed by atoms with Crippen LogP contribution in [-0.4, -0.2) is 87.1 Å². The molecule has 4 aliphatic rings. The van der Waals surface area contributed by atoms with Crippen molar-refractivity contribution in [2.75, 3.05) is 33.1 Å². The maximum Gasteiger partial charge on any atom is 0.412 e. The largest absolute Gasteiger partial charge is 0.489 e. The zero-order chi connectivity index (χ0) is 37.5. The second kappa shape index (κ2) is 15.0. The molecule has 4 aliphatic heterocycles. The first-order valence-corrected chi connectivity index (χ1v) is 19.2. The Morgan fingerprint density at radius 3 is 2.49 bits per heavy atom. The topological polar surface area (TPSA) is 122 Å². The third-order valence-corrected chi connectivity index (χ3v) is 11.7. The maximum absolute atomic E-state index is 14.3. The Hall–Kier alpha value is -4.02. The smallest absolute Gasteiger partial charge is 0.412 e. The van der Waals surface area contributed by atoms with Gasteiger partial charge in [0.15, 0.2) is 29.4 Å². The van der Waals surface area contributed by atoms with Crippen LogP contribution in [0.5, 0.6) is 17.2 Å². The van der Waals surface area contributed by atoms with Gasteiger partial charge in [0.1, 0.15) is 24.2 Å². The van der Waals surface area contributed by atoms with Gasteiger partial charge in [-0.3, -0.25) is 4.90 Å². The molecule has 0 aromatic heterocycles. The van der Waals surface area contributed by atoms with Crippen molar-refractivity contribution in [1.29, 1.82) is 0 Å². The molecule has 3 aromatic rings. The number of hydrogen-bond acceptors (Lipinski definition) is 10. The average Bonchev–Trinajstić information content (AvgIpc) is 3.90. The van der Waals surface area contributed by atoms with Gasteiger partial charge in [-0.25, -0.2) is 22.0 Å². The monoisotopic (exact) mass is 758 g/mol. The second-order valence-electron chi connectivity index (χ2n) is 14.6. The Balaban J connectivity index is 1.15. The molecule has 5 atom stereocenters. The van der Waals surface area contributed by atoms with E-state index >= 15 is 0 Å². The standard InChI is InChI=1S/C38H44F2N2O10S/c1-23(2)18-41(53(44,45)27-10-12-32-33(17-27)50-22-49-32)19-34-31(16-24-5-8-26(9-6-24)47-20-25-7-11-29(39)30(40)15-25)42(38(3,4)52-34)37(43)51-35-21-48-36-28(35)13-14-46-36/h5-12,15,17,23,28,31,34-36H,13-14,16,18-22H2,1-4H3/t28-,31-,34+,35-,36+/m0/s1. The molecule has 0 N–H and O–H groups in total. The van der Waals surface area contributed by atoms with E-state index in [1.807, 2.05) is 26.0 Å². The van der Waals surface area contributed by atoms with Crippen LogP contribution in [0.15, 0.2) is 65.6 Å². The van der Waals surface area contributed by atoms with E-state index in [1.165, 1.54) is 22.5 Å². The number of amides is 1. The van der Waals surface area contributed by atoms with Gasteiger partial charge in [0, 0.05) is 19.2 Å². The molecular formula is C38H44F2N2O10S. The fourth-order valence-electron chi connectivity index (χ4n) is 7.37. The van der Waals surface area contributed by atoms with E-state index in [4.69, 9.17) is 33.2 Å². The van der Waals surface area contributed by atoms with Crippen LogP contribution in [0.3, 0.4) is 0 Å². The highest BCUT2D eigenvalue weighted by Crippen LogP contribution is 2.40. The molecule has 0 radical (unpaired) electrons. The van der Waals surface area contributed by atoms with Crippen molar-refractivity contribution >= 4 is 16.1 Å². The van der Waals surface area contributed by atoms with Gasteiger partial charge < -0.3 is 33.2 Å². The van der Waals surface area contributed by atoms with E-state index in [0.717, 1.165) is 17.7 Å². The molecule has 1 amide bonds. The fourth-order valence-corrected chi connectivity index (χ4v) is 9.00. The molecule has 3 saturated heterocycles. The third-order valence-electron chi connectivity index (χ3n) is 9.91. The van der Waals surface area contributed by atoms with Crippen LogP contribution in [0.2, 0.25) is 0 Å². The average molecular weight is 759 g/mol. The van der Waals surface area contributed by atoms with Crippen molar-refractivity contribution in [2.24, 2.45) is 11.8 Å². The van der Waals surface area contributed by atoms with E-state index < -0.39 is 58.0 Å². The Morgan fingerprint density at radius 2 is 1.74 bits per heavy atom. The first kappa shape index (κ1) is 37.3. The molecule has 53 heavy (non-hydrogen) atoms. The summed E-state index contributed by atoms with van der Waals surface area (Å²) in [7, 11) is -4.05. The number of rotatable bonds is 12. The van der Waals surface area contributed by atoms with Crippen LogP contribution < -0.4 is 14.2 Å². The van der Waals surface area contributed by atoms with Crippen LogP contribution in [0, 0.1) is 23.5 Å². The highest BCUT2D eigenvalue weighted by atomic mass is 32.2. The lowest BCUT2D eigenvalue weighted by atomic mass is 9.99. The zero-order valence-electron chi connectivity index (χ0n) is 30.0. The predicted molar refractivity (Wildman–Crippen MR) is 186 cm³/mol. The highest BCUT2D eigenvalue weighted by molar-refractivity contribution is 7.89. The minimum absolute atomic E-state index is 0.00982. The van der Waals surface area contributed by atoms with Crippen LogP contribution in [0.25, 0.3) is 0 Å². The minimum Gasteiger partial charge on any atom is -0.489 e. The van der Waals surface area contributed by atoms with Crippen LogP contribution in [-0.2, 0) is 42.0 Å². The van der Waals surface area contributed by atoms with Crippen molar-refractivity contribution < 1.29 is 55.2 Å². The summed E-state index contributed by atoms with van der Waals surface area (Å²) in [6.45, 7) is 8.33. The van der Waals surface area contributed by atoms with E-state index in [0.29, 0.717) is 42.3 Å². The van der Waals surface area contributed by atoms with Gasteiger partial charge in [-0.1, -0.05) is 32.0 Å². The van der Waals surface area contributed by atoms with Crippen LogP contribution >= 0.6 is 0 Å². The van der Waals surface area contributed by atoms with Crippen molar-refractivity contribution in [3.63, 3.8) is 0 Å². The molecule has 15 heteroatoms. The summed E-state index contributed by atoms with van der Waals surface area (Å²) >= 11 is 0. The summed E-state index contributed by atoms with van der Waals surface area (Å²) in [5.41, 5.74) is 0.124. The zero-order valence-corrected chi connectivity index (χ0v) is 30.9. The Labute approximate surface area is 307 Å². The number of nitrogens with zero attached hydrogens (tertiary/aromatic N) is 2. The van der Waals surface area contributed by atoms with Crippen molar-refractivity contribution in [3.8, 4) is 17.2 Å². The highest BCUT2D eigenvalue weighted by Gasteiger charge is 2.53. The SMILES string of the molecule is CC(C)CN(C[C@H]1OC(C)(C)N(C(=O)O[C@H]2CO[C@H]3OCC[C@H]32)[C@H]1Cc1ccc(OCc2ccc(F)c(F)c2)cc1)S(=O)(=O)c1ccc2c(c1)OCO2. The molecule has 4 heterocycles. The van der Waals surface area contributed by atoms with Crippen LogP contribution in [0.1, 0.15) is 45.2 Å². The van der Waals surface area contributed by atoms with Crippen molar-refractivity contribution in [2.45, 2.75) is 82.3 Å². The van der Waals surface area contributed by atoms with E-state index in [9.17, 15) is 22.0 Å². The lowest BCUT2D eigenvalue weighted by molar-refractivity contribution is -0.0911. The fraction of sp³-hybridized carbons (Fsp3) is 0.500. The number of carbonyl (C=O) groups is 1. The molecule has 3 fully saturated rings. The van der Waals surface area contributed by atoms with E-state index in [1.54, 1.807) is 36.9 Å². The summed E-state index contributed by atoms with van der Waals surface area (Å²) < 4.78 is 97.7. The second-order valence-corrected chi connectivity index (χ2v) is 16.5. The molecule has 12 nitrogen and oxygen atoms in total. The molecule has 3 aromatic carbocycles. The van der Waals surface area contributed by atoms with Gasteiger partial charge >= 0.3 is 6.09 Å². The Morgan fingerprint density at radius 1 is 0.981 bits per heavy atom. The number of hydrogen-bond donors (Lipinski definition) is 0. The number of ether oxygens (including phenoxy) is 7. The molecular weight excluding hydrogens is 714 g/mol. The van der Waals surface area contributed by atoms with Crippen LogP contribution in [0.4, 0.5) is 13.6 Å². The Kier molecular flexibility index (Phi) is 10.6. The summed E-state index contributed by atoms with van der Waals surface area (Å²) in [5.74, 6) is -0.667. The van der Waals surface area contributed by atoms with Gasteiger partial charge in [-0.15, -0.1) is 0 Å². The summed E-state index contributed by atoms with van der Waals surface area (Å²) in [6, 6.07) is 14.7. The lowest BCUT2D eigenvalue weighted by Gasteiger charge is -2.34. The first-order chi connectivity index (χ1) is 25.3. The minimum atomic E-state index is -4.05. The predicted octanol–water partition coefficient (Wildman–Crippen LogP) is 5.87. The molecule has 286 valence electrons. The summed E-state index contributed by atoms with van der Waals surface area (Å²) in [4.78, 5) is 15.8. The van der Waals surface area contributed by atoms with Crippen molar-refractivity contribution in [1.82, 2.24) is 9.21 Å². The summed E-state index contributed by atoms with van der Waals surface area (Å²) in [5, 5.41) is 0. The quantitative estimate of drug-likeness (QED) is 0.222. The van der Waals surface area contributed by atoms with E-state index in [-0.39, 0.29) is 49.8 Å². The number of fused-ring (bicyclic) bond motifs is 2. The van der Waals surface area contributed by atoms with Gasteiger partial charge in [0.25, 0.3) is 0 Å². The number of sulfonamides is 1. The molecule has 0 spiro atoms. The number of carbonyl (C=O) groups excluding carboxylic acids is 1. The first-order valence-electron chi connectivity index (χ1n) is 17.7. The molecule has 7 rings (SSSR count). The normalized spacial score (nSPS) is 24.6. The van der Waals surface area contributed by atoms with Gasteiger partial charge in [0.2, 0.25) is 16.8 Å². The molecule has 0 saturated carbocycles. The number of halogens is 2. The van der Waals surface area contributed by atoms with E-state index in [2.05, 4.69) is 0 Å². The number of benzene rings is 3. The van der Waals surface area contributed by atoms with Gasteiger partial charge in [-0.2, -0.15) is 4.31 Å². The molecule has 0 unspecified atom stereocenters.